The number of nitrogens with one attached hydrogen (secondary N) is 3. The Hall–Kier alpha value is -2.58. The monoisotopic (exact) mass is 516 g/mol. The fourth-order valence-corrected chi connectivity index (χ4v) is 4.17. The molecule has 1 heterocycles. The molecule has 0 spiro atoms. The van der Waals surface area contributed by atoms with E-state index in [0.29, 0.717) is 42.6 Å². The minimum absolute atomic E-state index is 0.144. The number of anilines is 3. The number of ether oxygens (including phenoxy) is 1. The van der Waals surface area contributed by atoms with E-state index in [1.54, 1.807) is 6.07 Å². The molecule has 0 saturated carbocycles. The molecule has 3 N–H and O–H groups in total. The summed E-state index contributed by atoms with van der Waals surface area (Å²) in [6.07, 6.45) is 2.95. The number of hydrogen-bond donors (Lipinski definition) is 3. The van der Waals surface area contributed by atoms with Crippen molar-refractivity contribution in [1.82, 2.24) is 5.32 Å². The van der Waals surface area contributed by atoms with Gasteiger partial charge in [-0.15, -0.1) is 0 Å². The molecule has 1 aliphatic rings. The van der Waals surface area contributed by atoms with Gasteiger partial charge in [0.25, 0.3) is 5.91 Å². The van der Waals surface area contributed by atoms with Gasteiger partial charge >= 0.3 is 6.03 Å². The number of piperidine rings is 1. The van der Waals surface area contributed by atoms with Crippen LogP contribution < -0.4 is 20.9 Å². The molecule has 0 bridgehead atoms. The van der Waals surface area contributed by atoms with Gasteiger partial charge in [0.1, 0.15) is 0 Å². The maximum absolute atomic E-state index is 13.1. The predicted octanol–water partition coefficient (Wildman–Crippen LogP) is 5.49. The summed E-state index contributed by atoms with van der Waals surface area (Å²) in [7, 11) is 0. The number of carbonyl (C=O) groups is 2. The normalized spacial score (nSPS) is 14.1. The average molecular weight is 517 g/mol. The van der Waals surface area contributed by atoms with Crippen molar-refractivity contribution in [1.29, 1.82) is 0 Å². The van der Waals surface area contributed by atoms with E-state index in [2.05, 4.69) is 43.7 Å². The molecule has 0 aliphatic carbocycles. The third-order valence-electron chi connectivity index (χ3n) is 5.70. The predicted molar refractivity (Wildman–Crippen MR) is 137 cm³/mol. The summed E-state index contributed by atoms with van der Waals surface area (Å²) in [6, 6.07) is 12.6. The van der Waals surface area contributed by atoms with Crippen LogP contribution in [0.3, 0.4) is 0 Å². The molecule has 1 saturated heterocycles. The van der Waals surface area contributed by atoms with E-state index in [4.69, 9.17) is 4.74 Å². The van der Waals surface area contributed by atoms with Crippen LogP contribution in [0.1, 0.15) is 43.5 Å². The van der Waals surface area contributed by atoms with Gasteiger partial charge in [-0.3, -0.25) is 4.79 Å². The van der Waals surface area contributed by atoms with Crippen molar-refractivity contribution in [2.24, 2.45) is 5.92 Å². The zero-order chi connectivity index (χ0) is 23.6. The molecule has 8 heteroatoms. The SMILES string of the molecule is CCOCCCNC(=O)c1cc(NC(=O)Nc2ccccc2Br)ccc1N1CCC(C)CC1. The Labute approximate surface area is 204 Å². The zero-order valence-corrected chi connectivity index (χ0v) is 20.9. The number of nitrogens with zero attached hydrogens (tertiary/aromatic N) is 1. The molecule has 0 unspecified atom stereocenters. The highest BCUT2D eigenvalue weighted by Gasteiger charge is 2.22. The topological polar surface area (TPSA) is 82.7 Å². The van der Waals surface area contributed by atoms with Gasteiger partial charge in [-0.25, -0.2) is 4.79 Å². The third-order valence-corrected chi connectivity index (χ3v) is 6.39. The van der Waals surface area contributed by atoms with Crippen LogP contribution in [-0.2, 0) is 4.74 Å². The Morgan fingerprint density at radius 2 is 1.88 bits per heavy atom. The highest BCUT2D eigenvalue weighted by Crippen LogP contribution is 2.29. The largest absolute Gasteiger partial charge is 0.382 e. The van der Waals surface area contributed by atoms with E-state index in [9.17, 15) is 9.59 Å². The Bertz CT molecular complexity index is 945. The van der Waals surface area contributed by atoms with Crippen molar-refractivity contribution >= 4 is 44.9 Å². The number of benzene rings is 2. The van der Waals surface area contributed by atoms with E-state index in [1.165, 1.54) is 0 Å². The van der Waals surface area contributed by atoms with E-state index in [-0.39, 0.29) is 11.9 Å². The molecule has 1 fully saturated rings. The summed E-state index contributed by atoms with van der Waals surface area (Å²) < 4.78 is 6.15. The van der Waals surface area contributed by atoms with Crippen molar-refractivity contribution in [2.45, 2.75) is 33.1 Å². The Morgan fingerprint density at radius 3 is 2.61 bits per heavy atom. The Balaban J connectivity index is 1.73. The van der Waals surface area contributed by atoms with Crippen LogP contribution in [0, 0.1) is 5.92 Å². The minimum Gasteiger partial charge on any atom is -0.382 e. The van der Waals surface area contributed by atoms with Crippen molar-refractivity contribution in [3.63, 3.8) is 0 Å². The van der Waals surface area contributed by atoms with E-state index >= 15 is 0 Å². The number of carbonyl (C=O) groups excluding carboxylic acids is 2. The first-order chi connectivity index (χ1) is 16.0. The molecular formula is C25H33BrN4O3. The molecule has 2 aromatic rings. The smallest absolute Gasteiger partial charge is 0.323 e. The van der Waals surface area contributed by atoms with Crippen molar-refractivity contribution in [2.75, 3.05) is 48.4 Å². The van der Waals surface area contributed by atoms with Crippen LogP contribution in [0.25, 0.3) is 0 Å². The second-order valence-electron chi connectivity index (χ2n) is 8.27. The van der Waals surface area contributed by atoms with Gasteiger partial charge in [0.05, 0.1) is 11.3 Å². The minimum atomic E-state index is -0.371. The molecule has 2 aromatic carbocycles. The maximum atomic E-state index is 13.1. The van der Waals surface area contributed by atoms with Crippen LogP contribution in [0.4, 0.5) is 21.9 Å². The van der Waals surface area contributed by atoms with Crippen molar-refractivity contribution in [3.8, 4) is 0 Å². The van der Waals surface area contributed by atoms with E-state index in [0.717, 1.165) is 42.5 Å². The van der Waals surface area contributed by atoms with Crippen molar-refractivity contribution in [3.05, 3.63) is 52.5 Å². The van der Waals surface area contributed by atoms with Gasteiger partial charge < -0.3 is 25.6 Å². The summed E-state index contributed by atoms with van der Waals surface area (Å²) in [5.41, 5.74) is 2.70. The average Bonchev–Trinajstić information content (AvgIpc) is 2.81. The lowest BCUT2D eigenvalue weighted by Gasteiger charge is -2.33. The van der Waals surface area contributed by atoms with Gasteiger partial charge in [0.15, 0.2) is 0 Å². The van der Waals surface area contributed by atoms with Gasteiger partial charge in [-0.2, -0.15) is 0 Å². The standard InChI is InChI=1S/C25H33BrN4O3/c1-3-33-16-6-13-27-24(31)20-17-19(9-10-23(20)30-14-11-18(2)12-15-30)28-25(32)29-22-8-5-4-7-21(22)26/h4-5,7-10,17-18H,3,6,11-16H2,1-2H3,(H,27,31)(H2,28,29,32). The molecule has 1 aliphatic heterocycles. The molecule has 33 heavy (non-hydrogen) atoms. The highest BCUT2D eigenvalue weighted by molar-refractivity contribution is 9.10. The summed E-state index contributed by atoms with van der Waals surface area (Å²) >= 11 is 3.43. The van der Waals surface area contributed by atoms with E-state index < -0.39 is 0 Å². The van der Waals surface area contributed by atoms with Gasteiger partial charge in [-0.1, -0.05) is 19.1 Å². The first kappa shape index (κ1) is 25.1. The fraction of sp³-hybridized carbons (Fsp3) is 0.440. The number of halogens is 1. The number of amides is 3. The van der Waals surface area contributed by atoms with Crippen molar-refractivity contribution < 1.29 is 14.3 Å². The summed E-state index contributed by atoms with van der Waals surface area (Å²) in [6.45, 7) is 7.87. The molecular weight excluding hydrogens is 484 g/mol. The molecule has 0 radical (unpaired) electrons. The summed E-state index contributed by atoms with van der Waals surface area (Å²) in [5, 5.41) is 8.66. The lowest BCUT2D eigenvalue weighted by Crippen LogP contribution is -2.35. The number of hydrogen-bond acceptors (Lipinski definition) is 4. The third kappa shape index (κ3) is 7.47. The highest BCUT2D eigenvalue weighted by atomic mass is 79.9. The summed E-state index contributed by atoms with van der Waals surface area (Å²) in [4.78, 5) is 27.9. The number of urea groups is 1. The lowest BCUT2D eigenvalue weighted by molar-refractivity contribution is 0.0944. The number of rotatable bonds is 9. The van der Waals surface area contributed by atoms with Crippen LogP contribution in [0.15, 0.2) is 46.9 Å². The molecule has 7 nitrogen and oxygen atoms in total. The first-order valence-corrected chi connectivity index (χ1v) is 12.3. The molecule has 0 atom stereocenters. The Kier molecular flexibility index (Phi) is 9.57. The second kappa shape index (κ2) is 12.6. The van der Waals surface area contributed by atoms with Crippen LogP contribution in [0.5, 0.6) is 0 Å². The second-order valence-corrected chi connectivity index (χ2v) is 9.12. The van der Waals surface area contributed by atoms with Crippen LogP contribution in [-0.4, -0.2) is 44.8 Å². The van der Waals surface area contributed by atoms with E-state index in [1.807, 2.05) is 43.3 Å². The Morgan fingerprint density at radius 1 is 1.12 bits per heavy atom. The van der Waals surface area contributed by atoms with Gasteiger partial charge in [-0.05, 0) is 78.4 Å². The maximum Gasteiger partial charge on any atom is 0.323 e. The lowest BCUT2D eigenvalue weighted by atomic mass is 9.98. The zero-order valence-electron chi connectivity index (χ0n) is 19.3. The van der Waals surface area contributed by atoms with Gasteiger partial charge in [0, 0.05) is 48.7 Å². The summed E-state index contributed by atoms with van der Waals surface area (Å²) in [5.74, 6) is 0.550. The fourth-order valence-electron chi connectivity index (χ4n) is 3.78. The molecule has 3 rings (SSSR count). The van der Waals surface area contributed by atoms with Crippen LogP contribution >= 0.6 is 15.9 Å². The first-order valence-electron chi connectivity index (χ1n) is 11.6. The quantitative estimate of drug-likeness (QED) is 0.385. The van der Waals surface area contributed by atoms with Crippen LogP contribution in [0.2, 0.25) is 0 Å². The molecule has 0 aromatic heterocycles. The van der Waals surface area contributed by atoms with Gasteiger partial charge in [0.2, 0.25) is 0 Å². The molecule has 178 valence electrons. The molecule has 3 amide bonds. The number of para-hydroxylation sites is 1.